The highest BCUT2D eigenvalue weighted by molar-refractivity contribution is 5.92. The Balaban J connectivity index is 1.44. The number of amides is 1. The lowest BCUT2D eigenvalue weighted by atomic mass is 10.0. The summed E-state index contributed by atoms with van der Waals surface area (Å²) in [5, 5.41) is 12.6. The number of hydrogen-bond acceptors (Lipinski definition) is 6. The van der Waals surface area contributed by atoms with Gasteiger partial charge >= 0.3 is 0 Å². The third-order valence-corrected chi connectivity index (χ3v) is 5.16. The van der Waals surface area contributed by atoms with Crippen LogP contribution in [0.15, 0.2) is 12.3 Å². The number of rotatable bonds is 3. The second-order valence-corrected chi connectivity index (χ2v) is 7.13. The zero-order valence-corrected chi connectivity index (χ0v) is 16.1. The summed E-state index contributed by atoms with van der Waals surface area (Å²) >= 11 is 0. The first-order valence-corrected chi connectivity index (χ1v) is 9.15. The minimum atomic E-state index is -0.107. The minimum Gasteiger partial charge on any atom is -0.356 e. The second-order valence-electron chi connectivity index (χ2n) is 7.13. The van der Waals surface area contributed by atoms with Gasteiger partial charge in [-0.3, -0.25) is 14.2 Å². The van der Waals surface area contributed by atoms with Crippen LogP contribution >= 0.6 is 0 Å². The second kappa shape index (κ2) is 6.64. The number of hydrogen-bond donors (Lipinski definition) is 1. The molecule has 3 aromatic rings. The summed E-state index contributed by atoms with van der Waals surface area (Å²) in [5.41, 5.74) is 2.29. The lowest BCUT2D eigenvalue weighted by molar-refractivity contribution is 0.0925. The van der Waals surface area contributed by atoms with Crippen LogP contribution in [0.4, 0.5) is 5.82 Å². The smallest absolute Gasteiger partial charge is 0.272 e. The van der Waals surface area contributed by atoms with Gasteiger partial charge in [-0.25, -0.2) is 9.97 Å². The summed E-state index contributed by atoms with van der Waals surface area (Å²) in [6.45, 7) is 5.49. The molecule has 0 aromatic carbocycles. The van der Waals surface area contributed by atoms with E-state index in [4.69, 9.17) is 0 Å². The first-order valence-electron chi connectivity index (χ1n) is 9.15. The summed E-state index contributed by atoms with van der Waals surface area (Å²) in [6.07, 6.45) is 3.55. The van der Waals surface area contributed by atoms with Gasteiger partial charge in [-0.2, -0.15) is 10.2 Å². The lowest BCUT2D eigenvalue weighted by Crippen LogP contribution is -2.45. The van der Waals surface area contributed by atoms with E-state index in [0.717, 1.165) is 54.3 Å². The van der Waals surface area contributed by atoms with Crippen LogP contribution in [0.25, 0.3) is 11.0 Å². The molecule has 1 aliphatic heterocycles. The van der Waals surface area contributed by atoms with E-state index < -0.39 is 0 Å². The van der Waals surface area contributed by atoms with Crippen molar-refractivity contribution >= 4 is 22.8 Å². The molecule has 0 saturated carbocycles. The Morgan fingerprint density at radius 3 is 2.56 bits per heavy atom. The molecule has 0 spiro atoms. The highest BCUT2D eigenvalue weighted by atomic mass is 16.2. The Hall–Kier alpha value is -2.97. The maximum atomic E-state index is 12.4. The molecule has 0 aliphatic carbocycles. The van der Waals surface area contributed by atoms with Crippen molar-refractivity contribution in [3.05, 3.63) is 29.5 Å². The van der Waals surface area contributed by atoms with Crippen molar-refractivity contribution in [1.29, 1.82) is 0 Å². The van der Waals surface area contributed by atoms with Gasteiger partial charge in [0.15, 0.2) is 5.65 Å². The van der Waals surface area contributed by atoms with Gasteiger partial charge in [0.2, 0.25) is 0 Å². The van der Waals surface area contributed by atoms with Crippen molar-refractivity contribution in [3.63, 3.8) is 0 Å². The average molecular weight is 368 g/mol. The van der Waals surface area contributed by atoms with Gasteiger partial charge < -0.3 is 10.2 Å². The van der Waals surface area contributed by atoms with Crippen LogP contribution in [0, 0.1) is 13.8 Å². The molecule has 3 aromatic heterocycles. The Morgan fingerprint density at radius 1 is 1.15 bits per heavy atom. The van der Waals surface area contributed by atoms with E-state index in [1.165, 1.54) is 0 Å². The zero-order chi connectivity index (χ0) is 19.1. The predicted octanol–water partition coefficient (Wildman–Crippen LogP) is 1.11. The van der Waals surface area contributed by atoms with Crippen LogP contribution in [0.5, 0.6) is 0 Å². The number of anilines is 1. The normalized spacial score (nSPS) is 15.5. The number of nitrogens with one attached hydrogen (secondary N) is 1. The summed E-state index contributed by atoms with van der Waals surface area (Å²) in [5.74, 6) is 1.56. The van der Waals surface area contributed by atoms with Crippen LogP contribution in [0.2, 0.25) is 0 Å². The number of nitrogens with zero attached hydrogens (tertiary/aromatic N) is 7. The Labute approximate surface area is 157 Å². The standard InChI is InChI=1S/C18H24N8O/c1-11-9-15(23-24(11)3)18(27)22-13-5-7-26(8-6-13)17-14-10-19-25(4)16(14)20-12(2)21-17/h9-10,13H,5-8H2,1-4H3,(H,22,27). The molecular formula is C18H24N8O. The van der Waals surface area contributed by atoms with E-state index in [2.05, 4.69) is 30.4 Å². The largest absolute Gasteiger partial charge is 0.356 e. The van der Waals surface area contributed by atoms with E-state index in [1.54, 1.807) is 9.36 Å². The van der Waals surface area contributed by atoms with Gasteiger partial charge in [0, 0.05) is 38.9 Å². The van der Waals surface area contributed by atoms with Crippen molar-refractivity contribution in [2.75, 3.05) is 18.0 Å². The number of carbonyl (C=O) groups excluding carboxylic acids is 1. The molecule has 1 N–H and O–H groups in total. The van der Waals surface area contributed by atoms with Crippen LogP contribution in [-0.4, -0.2) is 54.6 Å². The molecular weight excluding hydrogens is 344 g/mol. The molecule has 0 bridgehead atoms. The Morgan fingerprint density at radius 2 is 1.89 bits per heavy atom. The van der Waals surface area contributed by atoms with E-state index >= 15 is 0 Å². The highest BCUT2D eigenvalue weighted by Gasteiger charge is 2.25. The first kappa shape index (κ1) is 17.4. The van der Waals surface area contributed by atoms with Gasteiger partial charge in [-0.05, 0) is 32.8 Å². The molecule has 4 rings (SSSR count). The monoisotopic (exact) mass is 368 g/mol. The predicted molar refractivity (Wildman–Crippen MR) is 102 cm³/mol. The van der Waals surface area contributed by atoms with Crippen LogP contribution in [0.3, 0.4) is 0 Å². The summed E-state index contributed by atoms with van der Waals surface area (Å²) < 4.78 is 3.49. The number of aromatic nitrogens is 6. The number of carbonyl (C=O) groups is 1. The van der Waals surface area contributed by atoms with Gasteiger partial charge in [-0.1, -0.05) is 0 Å². The molecule has 9 heteroatoms. The topological polar surface area (TPSA) is 93.8 Å². The van der Waals surface area contributed by atoms with Gasteiger partial charge in [0.25, 0.3) is 5.91 Å². The third-order valence-electron chi connectivity index (χ3n) is 5.16. The van der Waals surface area contributed by atoms with E-state index in [9.17, 15) is 4.79 Å². The maximum Gasteiger partial charge on any atom is 0.272 e. The summed E-state index contributed by atoms with van der Waals surface area (Å²) in [4.78, 5) is 23.8. The molecule has 0 radical (unpaired) electrons. The molecule has 4 heterocycles. The van der Waals surface area contributed by atoms with Crippen molar-refractivity contribution in [2.45, 2.75) is 32.7 Å². The van der Waals surface area contributed by atoms with Crippen molar-refractivity contribution in [1.82, 2.24) is 34.8 Å². The quantitative estimate of drug-likeness (QED) is 0.744. The SMILES string of the molecule is Cc1nc(N2CCC(NC(=O)c3cc(C)n(C)n3)CC2)c2cnn(C)c2n1. The number of piperidine rings is 1. The minimum absolute atomic E-state index is 0.107. The van der Waals surface area contributed by atoms with E-state index in [-0.39, 0.29) is 11.9 Å². The molecule has 9 nitrogen and oxygen atoms in total. The summed E-state index contributed by atoms with van der Waals surface area (Å²) in [6, 6.07) is 1.95. The number of aryl methyl sites for hydroxylation is 4. The molecule has 27 heavy (non-hydrogen) atoms. The Bertz CT molecular complexity index is 977. The van der Waals surface area contributed by atoms with Gasteiger partial charge in [-0.15, -0.1) is 0 Å². The lowest BCUT2D eigenvalue weighted by Gasteiger charge is -2.33. The van der Waals surface area contributed by atoms with Crippen LogP contribution < -0.4 is 10.2 Å². The van der Waals surface area contributed by atoms with Gasteiger partial charge in [0.1, 0.15) is 17.3 Å². The molecule has 1 fully saturated rings. The fourth-order valence-electron chi connectivity index (χ4n) is 3.52. The maximum absolute atomic E-state index is 12.4. The van der Waals surface area contributed by atoms with Crippen LogP contribution in [-0.2, 0) is 14.1 Å². The zero-order valence-electron chi connectivity index (χ0n) is 16.1. The van der Waals surface area contributed by atoms with E-state index in [0.29, 0.717) is 5.69 Å². The first-order chi connectivity index (χ1) is 12.9. The molecule has 0 unspecified atom stereocenters. The fourth-order valence-corrected chi connectivity index (χ4v) is 3.52. The molecule has 1 aliphatic rings. The Kier molecular flexibility index (Phi) is 4.29. The van der Waals surface area contributed by atoms with E-state index in [1.807, 2.05) is 40.2 Å². The highest BCUT2D eigenvalue weighted by Crippen LogP contribution is 2.26. The molecule has 1 saturated heterocycles. The van der Waals surface area contributed by atoms with Crippen molar-refractivity contribution in [2.24, 2.45) is 14.1 Å². The molecule has 0 atom stereocenters. The molecule has 142 valence electrons. The summed E-state index contributed by atoms with van der Waals surface area (Å²) in [7, 11) is 3.73. The third kappa shape index (κ3) is 3.24. The van der Waals surface area contributed by atoms with Crippen molar-refractivity contribution < 1.29 is 4.79 Å². The fraction of sp³-hybridized carbons (Fsp3) is 0.500. The van der Waals surface area contributed by atoms with Gasteiger partial charge in [0.05, 0.1) is 11.6 Å². The van der Waals surface area contributed by atoms with Crippen molar-refractivity contribution in [3.8, 4) is 0 Å². The number of fused-ring (bicyclic) bond motifs is 1. The van der Waals surface area contributed by atoms with Crippen LogP contribution in [0.1, 0.15) is 34.8 Å². The molecule has 1 amide bonds. The average Bonchev–Trinajstić information content (AvgIpc) is 3.18.